The number of hydrogen-bond acceptors (Lipinski definition) is 3. The fraction of sp³-hybridized carbons (Fsp3) is 0.833. The molecule has 2 aliphatic carbocycles. The number of hydrogen-bond donors (Lipinski definition) is 1. The van der Waals surface area contributed by atoms with Crippen molar-refractivity contribution >= 4 is 17.0 Å². The first kappa shape index (κ1) is 34.1. The van der Waals surface area contributed by atoms with Crippen LogP contribution in [0.2, 0.25) is 0 Å². The number of unbranched alkanes of at least 4 members (excludes halogenated alkanes) is 8. The standard InChI is InChI=1S/C30H47F5O3S/c1-23-13-14-25(15-16-28(23)37)26-20-24(21-27(36)22-26)12-9-7-5-3-2-4-6-8-10-18-39(38)19-11-17-29(31,32)30(33,34)35/h21-23,25-26,36H,2-20H2,1H3. The van der Waals surface area contributed by atoms with Crippen molar-refractivity contribution in [1.82, 2.24) is 0 Å². The van der Waals surface area contributed by atoms with Crippen LogP contribution in [-0.4, -0.2) is 39.0 Å². The summed E-state index contributed by atoms with van der Waals surface area (Å²) in [4.78, 5) is 12.1. The molecule has 0 aromatic carbocycles. The lowest BCUT2D eigenvalue weighted by Gasteiger charge is -2.27. The van der Waals surface area contributed by atoms with Gasteiger partial charge in [0.05, 0.1) is 0 Å². The van der Waals surface area contributed by atoms with E-state index in [-0.39, 0.29) is 11.7 Å². The first-order valence-corrected chi connectivity index (χ1v) is 16.3. The van der Waals surface area contributed by atoms with Crippen molar-refractivity contribution in [2.24, 2.45) is 17.8 Å². The van der Waals surface area contributed by atoms with E-state index in [2.05, 4.69) is 0 Å². The number of rotatable bonds is 17. The Kier molecular flexibility index (Phi) is 14.9. The molecule has 39 heavy (non-hydrogen) atoms. The van der Waals surface area contributed by atoms with Crippen molar-refractivity contribution in [1.29, 1.82) is 0 Å². The average Bonchev–Trinajstić information content (AvgIpc) is 3.02. The number of alkyl halides is 5. The van der Waals surface area contributed by atoms with E-state index in [0.717, 1.165) is 83.5 Å². The van der Waals surface area contributed by atoms with Gasteiger partial charge in [-0.25, -0.2) is 0 Å². The van der Waals surface area contributed by atoms with Crippen molar-refractivity contribution < 1.29 is 36.4 Å². The minimum Gasteiger partial charge on any atom is -0.616 e. The molecule has 0 aliphatic heterocycles. The van der Waals surface area contributed by atoms with Crippen LogP contribution in [0.15, 0.2) is 23.5 Å². The second kappa shape index (κ2) is 17.0. The van der Waals surface area contributed by atoms with Gasteiger partial charge in [0.2, 0.25) is 0 Å². The van der Waals surface area contributed by atoms with Gasteiger partial charge in [0.1, 0.15) is 23.0 Å². The average molecular weight is 583 g/mol. The summed E-state index contributed by atoms with van der Waals surface area (Å²) in [5.74, 6) is -2.74. The van der Waals surface area contributed by atoms with Crippen LogP contribution >= 0.6 is 0 Å². The molecule has 4 atom stereocenters. The molecule has 0 aromatic heterocycles. The maximum Gasteiger partial charge on any atom is 0.453 e. The van der Waals surface area contributed by atoms with Gasteiger partial charge in [0, 0.05) is 18.8 Å². The van der Waals surface area contributed by atoms with Crippen LogP contribution in [0, 0.1) is 17.8 Å². The first-order chi connectivity index (χ1) is 18.4. The predicted molar refractivity (Wildman–Crippen MR) is 147 cm³/mol. The van der Waals surface area contributed by atoms with Crippen LogP contribution in [0.4, 0.5) is 22.0 Å². The Balaban J connectivity index is 1.46. The van der Waals surface area contributed by atoms with Crippen LogP contribution in [0.1, 0.15) is 116 Å². The van der Waals surface area contributed by atoms with Crippen LogP contribution in [-0.2, 0) is 16.0 Å². The molecule has 1 fully saturated rings. The third-order valence-electron chi connectivity index (χ3n) is 8.27. The molecule has 0 spiro atoms. The Morgan fingerprint density at radius 2 is 1.49 bits per heavy atom. The van der Waals surface area contributed by atoms with E-state index in [9.17, 15) is 36.4 Å². The van der Waals surface area contributed by atoms with E-state index in [1.54, 1.807) is 0 Å². The van der Waals surface area contributed by atoms with E-state index < -0.39 is 36.1 Å². The molecule has 3 nitrogen and oxygen atoms in total. The number of ketones is 1. The van der Waals surface area contributed by atoms with Gasteiger partial charge in [0.25, 0.3) is 0 Å². The first-order valence-electron chi connectivity index (χ1n) is 14.8. The van der Waals surface area contributed by atoms with Crippen molar-refractivity contribution in [2.45, 2.75) is 128 Å². The van der Waals surface area contributed by atoms with Crippen molar-refractivity contribution in [2.75, 3.05) is 11.5 Å². The Labute approximate surface area is 234 Å². The monoisotopic (exact) mass is 582 g/mol. The van der Waals surface area contributed by atoms with E-state index >= 15 is 0 Å². The Hall–Kier alpha value is -1.09. The van der Waals surface area contributed by atoms with Gasteiger partial charge in [-0.1, -0.05) is 62.2 Å². The van der Waals surface area contributed by atoms with Crippen LogP contribution in [0.3, 0.4) is 0 Å². The summed E-state index contributed by atoms with van der Waals surface area (Å²) >= 11 is -1.34. The summed E-state index contributed by atoms with van der Waals surface area (Å²) in [6.07, 6.45) is 11.6. The predicted octanol–water partition coefficient (Wildman–Crippen LogP) is 9.40. The third kappa shape index (κ3) is 13.0. The maximum atomic E-state index is 12.9. The lowest BCUT2D eigenvalue weighted by atomic mass is 9.78. The van der Waals surface area contributed by atoms with Crippen LogP contribution in [0.5, 0.6) is 0 Å². The second-order valence-corrected chi connectivity index (χ2v) is 13.3. The summed E-state index contributed by atoms with van der Waals surface area (Å²) in [5, 5.41) is 10.3. The zero-order valence-corrected chi connectivity index (χ0v) is 24.2. The minimum atomic E-state index is -5.54. The van der Waals surface area contributed by atoms with Crippen LogP contribution in [0.25, 0.3) is 0 Å². The number of Topliss-reactive ketones (excluding diaryl/α,β-unsaturated/α-hetero) is 1. The van der Waals surface area contributed by atoms with Gasteiger partial charge in [-0.05, 0) is 81.8 Å². The van der Waals surface area contributed by atoms with Gasteiger partial charge >= 0.3 is 12.1 Å². The number of carbonyl (C=O) groups excluding carboxylic acids is 1. The highest BCUT2D eigenvalue weighted by molar-refractivity contribution is 7.91. The topological polar surface area (TPSA) is 60.4 Å². The molecule has 0 saturated heterocycles. The fourth-order valence-electron chi connectivity index (χ4n) is 5.70. The lowest BCUT2D eigenvalue weighted by molar-refractivity contribution is -0.284. The molecule has 0 radical (unpaired) electrons. The summed E-state index contributed by atoms with van der Waals surface area (Å²) in [7, 11) is 0. The number of allylic oxidation sites excluding steroid dienone is 3. The number of carbonyl (C=O) groups is 1. The zero-order chi connectivity index (χ0) is 28.9. The zero-order valence-electron chi connectivity index (χ0n) is 23.4. The molecule has 9 heteroatoms. The smallest absolute Gasteiger partial charge is 0.453 e. The Bertz CT molecular complexity index is 796. The third-order valence-corrected chi connectivity index (χ3v) is 9.76. The highest BCUT2D eigenvalue weighted by atomic mass is 32.2. The van der Waals surface area contributed by atoms with Crippen LogP contribution < -0.4 is 0 Å². The normalized spacial score (nSPS) is 23.8. The number of aliphatic hydroxyl groups is 1. The van der Waals surface area contributed by atoms with Gasteiger partial charge in [-0.15, -0.1) is 0 Å². The molecular weight excluding hydrogens is 535 g/mol. The summed E-state index contributed by atoms with van der Waals surface area (Å²) in [6, 6.07) is 0. The minimum absolute atomic E-state index is 0.111. The number of halogens is 5. The quantitative estimate of drug-likeness (QED) is 0.0804. The van der Waals surface area contributed by atoms with Crippen molar-refractivity contribution in [3.8, 4) is 0 Å². The molecule has 0 aromatic rings. The fourth-order valence-corrected chi connectivity index (χ4v) is 6.89. The molecule has 226 valence electrons. The molecule has 1 N–H and O–H groups in total. The van der Waals surface area contributed by atoms with Crippen molar-refractivity contribution in [3.63, 3.8) is 0 Å². The Morgan fingerprint density at radius 1 is 0.897 bits per heavy atom. The summed E-state index contributed by atoms with van der Waals surface area (Å²) < 4.78 is 74.0. The van der Waals surface area contributed by atoms with Gasteiger partial charge < -0.3 is 9.66 Å². The molecule has 1 saturated carbocycles. The molecule has 4 unspecified atom stereocenters. The van der Waals surface area contributed by atoms with E-state index in [1.807, 2.05) is 19.1 Å². The lowest BCUT2D eigenvalue weighted by Crippen LogP contribution is -2.36. The van der Waals surface area contributed by atoms with Gasteiger partial charge in [-0.2, -0.15) is 22.0 Å². The number of aliphatic hydroxyl groups excluding tert-OH is 1. The van der Waals surface area contributed by atoms with Crippen molar-refractivity contribution in [3.05, 3.63) is 23.5 Å². The molecule has 2 rings (SSSR count). The van der Waals surface area contributed by atoms with E-state index in [0.29, 0.717) is 42.0 Å². The van der Waals surface area contributed by atoms with E-state index in [1.165, 1.54) is 5.57 Å². The largest absolute Gasteiger partial charge is 0.616 e. The molecule has 0 bridgehead atoms. The Morgan fingerprint density at radius 3 is 2.13 bits per heavy atom. The summed E-state index contributed by atoms with van der Waals surface area (Å²) in [6.45, 7) is 2.03. The van der Waals surface area contributed by atoms with E-state index in [4.69, 9.17) is 0 Å². The molecule has 2 aliphatic rings. The highest BCUT2D eigenvalue weighted by Gasteiger charge is 2.56. The highest BCUT2D eigenvalue weighted by Crippen LogP contribution is 2.39. The SMILES string of the molecule is CC1CCC(C2C=C(O)C=C(CCCCCCCCCCC[S+]([O-])CCCC(F)(F)C(F)(F)F)C2)CCC1=O. The second-order valence-electron chi connectivity index (χ2n) is 11.6. The molecule has 0 heterocycles. The molecular formula is C30H47F5O3S. The van der Waals surface area contributed by atoms with Gasteiger partial charge in [-0.3, -0.25) is 4.79 Å². The maximum absolute atomic E-state index is 12.9. The molecule has 0 amide bonds. The van der Waals surface area contributed by atoms with Gasteiger partial charge in [0.15, 0.2) is 0 Å². The summed E-state index contributed by atoms with van der Waals surface area (Å²) in [5.41, 5.74) is 1.31.